The normalized spacial score (nSPS) is 14.9. The number of rotatable bonds is 8. The molecular weight excluding hydrogens is 444 g/mol. The van der Waals surface area contributed by atoms with Crippen molar-refractivity contribution in [2.75, 3.05) is 32.1 Å². The summed E-state index contributed by atoms with van der Waals surface area (Å²) in [5.74, 6) is -0.0209. The summed E-state index contributed by atoms with van der Waals surface area (Å²) in [5.41, 5.74) is 1.51. The van der Waals surface area contributed by atoms with Crippen molar-refractivity contribution in [2.24, 2.45) is 0 Å². The number of amides is 1. The molecule has 1 saturated heterocycles. The van der Waals surface area contributed by atoms with E-state index in [1.807, 2.05) is 6.92 Å². The number of carbonyl (C=O) groups is 2. The Balaban J connectivity index is 1.77. The minimum absolute atomic E-state index is 0.0963. The number of Topliss-reactive ketones (excluding diaryl/α,β-unsaturated/α-hetero) is 1. The molecule has 0 aliphatic carbocycles. The van der Waals surface area contributed by atoms with Gasteiger partial charge in [-0.05, 0) is 62.6 Å². The third-order valence-electron chi connectivity index (χ3n) is 5.52. The van der Waals surface area contributed by atoms with Gasteiger partial charge in [-0.25, -0.2) is 8.42 Å². The van der Waals surface area contributed by atoms with E-state index < -0.39 is 15.9 Å². The van der Waals surface area contributed by atoms with Crippen molar-refractivity contribution in [2.45, 2.75) is 44.4 Å². The first-order valence-electron chi connectivity index (χ1n) is 10.9. The number of nitrogens with one attached hydrogen (secondary N) is 1. The Labute approximate surface area is 194 Å². The van der Waals surface area contributed by atoms with Crippen LogP contribution in [0.25, 0.3) is 0 Å². The summed E-state index contributed by atoms with van der Waals surface area (Å²) >= 11 is 0. The van der Waals surface area contributed by atoms with E-state index in [9.17, 15) is 18.0 Å². The van der Waals surface area contributed by atoms with Crippen LogP contribution in [0.1, 0.15) is 48.5 Å². The first-order chi connectivity index (χ1) is 15.7. The first-order valence-corrected chi connectivity index (χ1v) is 12.4. The highest BCUT2D eigenvalue weighted by Crippen LogP contribution is 2.30. The monoisotopic (exact) mass is 474 g/mol. The molecule has 1 aliphatic rings. The molecule has 0 saturated carbocycles. The standard InChI is InChI=1S/C24H30N2O6S/c1-17-8-10-20(18(2)27)23(14-17)32-16-24(28)25-21-15-19(9-11-22(21)31-3)33(29,30)26-12-6-4-5-7-13-26/h8-11,14-15H,4-7,12-13,16H2,1-3H3,(H,25,28). The summed E-state index contributed by atoms with van der Waals surface area (Å²) in [7, 11) is -2.25. The maximum atomic E-state index is 13.1. The second kappa shape index (κ2) is 10.8. The van der Waals surface area contributed by atoms with Crippen LogP contribution in [-0.4, -0.2) is 51.2 Å². The van der Waals surface area contributed by atoms with Gasteiger partial charge in [0.15, 0.2) is 12.4 Å². The molecule has 0 atom stereocenters. The van der Waals surface area contributed by atoms with Crippen LogP contribution >= 0.6 is 0 Å². The minimum Gasteiger partial charge on any atom is -0.495 e. The maximum absolute atomic E-state index is 13.1. The Morgan fingerprint density at radius 3 is 2.33 bits per heavy atom. The Kier molecular flexibility index (Phi) is 8.10. The molecule has 1 heterocycles. The lowest BCUT2D eigenvalue weighted by Crippen LogP contribution is -2.32. The molecule has 1 N–H and O–H groups in total. The van der Waals surface area contributed by atoms with Gasteiger partial charge in [0.2, 0.25) is 10.0 Å². The van der Waals surface area contributed by atoms with Crippen LogP contribution in [-0.2, 0) is 14.8 Å². The largest absolute Gasteiger partial charge is 0.495 e. The zero-order valence-corrected chi connectivity index (χ0v) is 20.0. The highest BCUT2D eigenvalue weighted by Gasteiger charge is 2.26. The SMILES string of the molecule is COc1ccc(S(=O)(=O)N2CCCCCC2)cc1NC(=O)COc1cc(C)ccc1C(C)=O. The van der Waals surface area contributed by atoms with Crippen molar-refractivity contribution in [1.82, 2.24) is 4.31 Å². The van der Waals surface area contributed by atoms with Gasteiger partial charge in [-0.3, -0.25) is 9.59 Å². The van der Waals surface area contributed by atoms with Gasteiger partial charge in [-0.15, -0.1) is 0 Å². The number of anilines is 1. The van der Waals surface area contributed by atoms with E-state index in [4.69, 9.17) is 9.47 Å². The van der Waals surface area contributed by atoms with Crippen LogP contribution in [0.15, 0.2) is 41.3 Å². The number of nitrogens with zero attached hydrogens (tertiary/aromatic N) is 1. The van der Waals surface area contributed by atoms with E-state index in [2.05, 4.69) is 5.32 Å². The third kappa shape index (κ3) is 6.11. The van der Waals surface area contributed by atoms with E-state index in [1.165, 1.54) is 36.5 Å². The fourth-order valence-electron chi connectivity index (χ4n) is 3.75. The van der Waals surface area contributed by atoms with Gasteiger partial charge >= 0.3 is 0 Å². The summed E-state index contributed by atoms with van der Waals surface area (Å²) in [6.07, 6.45) is 3.69. The second-order valence-corrected chi connectivity index (χ2v) is 10.0. The van der Waals surface area contributed by atoms with E-state index in [-0.39, 0.29) is 23.0 Å². The topological polar surface area (TPSA) is 102 Å². The van der Waals surface area contributed by atoms with Crippen LogP contribution in [0, 0.1) is 6.92 Å². The maximum Gasteiger partial charge on any atom is 0.262 e. The Bertz CT molecular complexity index is 1120. The number of ketones is 1. The summed E-state index contributed by atoms with van der Waals surface area (Å²) in [6.45, 7) is 3.91. The number of methoxy groups -OCH3 is 1. The molecule has 1 amide bonds. The van der Waals surface area contributed by atoms with Crippen molar-refractivity contribution >= 4 is 27.4 Å². The summed E-state index contributed by atoms with van der Waals surface area (Å²) < 4.78 is 38.7. The second-order valence-electron chi connectivity index (χ2n) is 8.07. The van der Waals surface area contributed by atoms with Gasteiger partial charge in [0, 0.05) is 13.1 Å². The number of ether oxygens (including phenoxy) is 2. The van der Waals surface area contributed by atoms with E-state index >= 15 is 0 Å². The third-order valence-corrected chi connectivity index (χ3v) is 7.42. The van der Waals surface area contributed by atoms with E-state index in [0.717, 1.165) is 31.2 Å². The van der Waals surface area contributed by atoms with E-state index in [1.54, 1.807) is 18.2 Å². The van der Waals surface area contributed by atoms with Gasteiger partial charge in [-0.1, -0.05) is 18.9 Å². The molecule has 0 spiro atoms. The molecule has 1 aliphatic heterocycles. The fourth-order valence-corrected chi connectivity index (χ4v) is 5.29. The molecule has 0 unspecified atom stereocenters. The highest BCUT2D eigenvalue weighted by atomic mass is 32.2. The number of sulfonamides is 1. The number of aryl methyl sites for hydroxylation is 1. The molecule has 1 fully saturated rings. The Hall–Kier alpha value is -2.91. The van der Waals surface area contributed by atoms with Crippen LogP contribution in [0.5, 0.6) is 11.5 Å². The fraction of sp³-hybridized carbons (Fsp3) is 0.417. The molecule has 3 rings (SSSR count). The predicted molar refractivity (Wildman–Crippen MR) is 126 cm³/mol. The molecule has 2 aromatic rings. The van der Waals surface area contributed by atoms with Crippen molar-refractivity contribution in [3.05, 3.63) is 47.5 Å². The Morgan fingerprint density at radius 2 is 1.70 bits per heavy atom. The minimum atomic E-state index is -3.69. The zero-order chi connectivity index (χ0) is 24.0. The van der Waals surface area contributed by atoms with E-state index in [0.29, 0.717) is 30.2 Å². The molecule has 0 aromatic heterocycles. The number of hydrogen-bond acceptors (Lipinski definition) is 6. The van der Waals surface area contributed by atoms with Crippen LogP contribution in [0.2, 0.25) is 0 Å². The number of hydrogen-bond donors (Lipinski definition) is 1. The van der Waals surface area contributed by atoms with Crippen molar-refractivity contribution < 1.29 is 27.5 Å². The molecule has 2 aromatic carbocycles. The Morgan fingerprint density at radius 1 is 1.00 bits per heavy atom. The molecule has 33 heavy (non-hydrogen) atoms. The molecule has 0 radical (unpaired) electrons. The molecule has 8 nitrogen and oxygen atoms in total. The van der Waals surface area contributed by atoms with Crippen molar-refractivity contribution in [3.8, 4) is 11.5 Å². The number of carbonyl (C=O) groups excluding carboxylic acids is 2. The van der Waals surface area contributed by atoms with Crippen molar-refractivity contribution in [1.29, 1.82) is 0 Å². The lowest BCUT2D eigenvalue weighted by atomic mass is 10.1. The molecule has 0 bridgehead atoms. The summed E-state index contributed by atoms with van der Waals surface area (Å²) in [6, 6.07) is 9.56. The van der Waals surface area contributed by atoms with Gasteiger partial charge < -0.3 is 14.8 Å². The predicted octanol–water partition coefficient (Wildman–Crippen LogP) is 3.79. The van der Waals surface area contributed by atoms with Gasteiger partial charge in [0.05, 0.1) is 23.3 Å². The van der Waals surface area contributed by atoms with Gasteiger partial charge in [0.1, 0.15) is 11.5 Å². The number of benzene rings is 2. The molecule has 9 heteroatoms. The highest BCUT2D eigenvalue weighted by molar-refractivity contribution is 7.89. The van der Waals surface area contributed by atoms with Crippen molar-refractivity contribution in [3.63, 3.8) is 0 Å². The average molecular weight is 475 g/mol. The van der Waals surface area contributed by atoms with Gasteiger partial charge in [-0.2, -0.15) is 4.31 Å². The van der Waals surface area contributed by atoms with Crippen LogP contribution < -0.4 is 14.8 Å². The average Bonchev–Trinajstić information content (AvgIpc) is 3.08. The summed E-state index contributed by atoms with van der Waals surface area (Å²) in [5, 5.41) is 2.67. The molecule has 178 valence electrons. The summed E-state index contributed by atoms with van der Waals surface area (Å²) in [4.78, 5) is 24.5. The van der Waals surface area contributed by atoms with Crippen LogP contribution in [0.4, 0.5) is 5.69 Å². The molecular formula is C24H30N2O6S. The first kappa shape index (κ1) is 24.7. The lowest BCUT2D eigenvalue weighted by molar-refractivity contribution is -0.118. The zero-order valence-electron chi connectivity index (χ0n) is 19.2. The smallest absolute Gasteiger partial charge is 0.262 e. The quantitative estimate of drug-likeness (QED) is 0.584. The van der Waals surface area contributed by atoms with Crippen LogP contribution in [0.3, 0.4) is 0 Å². The van der Waals surface area contributed by atoms with Gasteiger partial charge in [0.25, 0.3) is 5.91 Å². The lowest BCUT2D eigenvalue weighted by Gasteiger charge is -2.21.